The SMILES string of the molecule is COCCCOc1cc(C(=O)N(C[C@@H]2CNC[C@H]2OCc2cc(OC)cc(OC)c2)C(C)C)ccc1OC. The lowest BCUT2D eigenvalue weighted by molar-refractivity contribution is 0.0128. The standard InChI is InChI=1S/C29H42N2O7/c1-20(2)31(29(32)22-8-9-26(36-6)27(14-22)37-11-7-10-33-3)18-23-16-30-17-28(23)38-19-21-12-24(34-4)15-25(13-21)35-5/h8-9,12-15,20,23,28,30H,7,10-11,16-19H2,1-6H3/t23-,28+/m0/s1. The third-order valence-electron chi connectivity index (χ3n) is 6.63. The third-order valence-corrected chi connectivity index (χ3v) is 6.63. The highest BCUT2D eigenvalue weighted by Crippen LogP contribution is 2.30. The minimum atomic E-state index is -0.0485. The zero-order chi connectivity index (χ0) is 27.5. The van der Waals surface area contributed by atoms with Crippen molar-refractivity contribution in [2.24, 2.45) is 5.92 Å². The first kappa shape index (κ1) is 29.5. The Morgan fingerprint density at radius 2 is 1.68 bits per heavy atom. The molecule has 3 rings (SSSR count). The van der Waals surface area contributed by atoms with Crippen molar-refractivity contribution in [2.45, 2.75) is 39.0 Å². The lowest BCUT2D eigenvalue weighted by atomic mass is 10.0. The van der Waals surface area contributed by atoms with Crippen molar-refractivity contribution >= 4 is 5.91 Å². The summed E-state index contributed by atoms with van der Waals surface area (Å²) in [5, 5.41) is 3.43. The highest BCUT2D eigenvalue weighted by Gasteiger charge is 2.32. The Morgan fingerprint density at radius 3 is 2.32 bits per heavy atom. The van der Waals surface area contributed by atoms with Gasteiger partial charge in [-0.15, -0.1) is 0 Å². The molecule has 0 spiro atoms. The third kappa shape index (κ3) is 7.99. The van der Waals surface area contributed by atoms with Crippen LogP contribution >= 0.6 is 0 Å². The summed E-state index contributed by atoms with van der Waals surface area (Å²) in [6, 6.07) is 11.1. The van der Waals surface area contributed by atoms with Crippen LogP contribution in [-0.2, 0) is 16.1 Å². The Morgan fingerprint density at radius 1 is 0.947 bits per heavy atom. The number of carbonyl (C=O) groups is 1. The van der Waals surface area contributed by atoms with Crippen LogP contribution < -0.4 is 24.3 Å². The number of hydrogen-bond acceptors (Lipinski definition) is 8. The van der Waals surface area contributed by atoms with Crippen LogP contribution in [0, 0.1) is 5.92 Å². The van der Waals surface area contributed by atoms with Crippen molar-refractivity contribution in [3.63, 3.8) is 0 Å². The van der Waals surface area contributed by atoms with E-state index in [1.165, 1.54) is 0 Å². The number of ether oxygens (including phenoxy) is 6. The number of rotatable bonds is 15. The van der Waals surface area contributed by atoms with E-state index in [0.29, 0.717) is 43.4 Å². The van der Waals surface area contributed by atoms with Gasteiger partial charge >= 0.3 is 0 Å². The molecule has 9 nitrogen and oxygen atoms in total. The number of benzene rings is 2. The molecular formula is C29H42N2O7. The molecule has 0 saturated carbocycles. The predicted octanol–water partition coefficient (Wildman–Crippen LogP) is 3.78. The molecule has 210 valence electrons. The smallest absolute Gasteiger partial charge is 0.254 e. The maximum absolute atomic E-state index is 13.6. The van der Waals surface area contributed by atoms with Gasteiger partial charge in [0.2, 0.25) is 0 Å². The van der Waals surface area contributed by atoms with E-state index in [1.807, 2.05) is 36.9 Å². The van der Waals surface area contributed by atoms with Crippen molar-refractivity contribution in [2.75, 3.05) is 61.3 Å². The average Bonchev–Trinajstić information content (AvgIpc) is 3.39. The van der Waals surface area contributed by atoms with Gasteiger partial charge in [0.05, 0.1) is 40.6 Å². The van der Waals surface area contributed by atoms with Gasteiger partial charge in [-0.05, 0) is 49.7 Å². The van der Waals surface area contributed by atoms with Gasteiger partial charge in [0.1, 0.15) is 11.5 Å². The minimum Gasteiger partial charge on any atom is -0.497 e. The summed E-state index contributed by atoms with van der Waals surface area (Å²) in [6.07, 6.45) is 0.714. The van der Waals surface area contributed by atoms with Gasteiger partial charge in [-0.2, -0.15) is 0 Å². The second kappa shape index (κ2) is 14.8. The lowest BCUT2D eigenvalue weighted by Gasteiger charge is -2.31. The van der Waals surface area contributed by atoms with Gasteiger partial charge in [-0.25, -0.2) is 0 Å². The van der Waals surface area contributed by atoms with Gasteiger partial charge in [-0.1, -0.05) is 0 Å². The highest BCUT2D eigenvalue weighted by molar-refractivity contribution is 5.95. The molecule has 1 heterocycles. The van der Waals surface area contributed by atoms with Crippen LogP contribution in [0.25, 0.3) is 0 Å². The molecule has 0 unspecified atom stereocenters. The lowest BCUT2D eigenvalue weighted by Crippen LogP contribution is -2.43. The zero-order valence-electron chi connectivity index (χ0n) is 23.5. The van der Waals surface area contributed by atoms with E-state index in [2.05, 4.69) is 5.32 Å². The molecule has 38 heavy (non-hydrogen) atoms. The van der Waals surface area contributed by atoms with E-state index in [-0.39, 0.29) is 24.0 Å². The van der Waals surface area contributed by atoms with Crippen molar-refractivity contribution in [1.82, 2.24) is 10.2 Å². The Balaban J connectivity index is 1.68. The van der Waals surface area contributed by atoms with E-state index in [4.69, 9.17) is 28.4 Å². The summed E-state index contributed by atoms with van der Waals surface area (Å²) in [6.45, 7) is 7.65. The molecule has 0 bridgehead atoms. The molecule has 1 N–H and O–H groups in total. The number of nitrogens with zero attached hydrogens (tertiary/aromatic N) is 1. The highest BCUT2D eigenvalue weighted by atomic mass is 16.5. The zero-order valence-corrected chi connectivity index (χ0v) is 23.5. The predicted molar refractivity (Wildman–Crippen MR) is 146 cm³/mol. The van der Waals surface area contributed by atoms with E-state index >= 15 is 0 Å². The molecule has 1 amide bonds. The molecule has 1 fully saturated rings. The monoisotopic (exact) mass is 530 g/mol. The minimum absolute atomic E-state index is 0.0135. The molecule has 0 aliphatic carbocycles. The van der Waals surface area contributed by atoms with Crippen LogP contribution in [0.2, 0.25) is 0 Å². The summed E-state index contributed by atoms with van der Waals surface area (Å²) in [4.78, 5) is 15.6. The Hall–Kier alpha value is -3.01. The summed E-state index contributed by atoms with van der Waals surface area (Å²) in [7, 11) is 6.51. The van der Waals surface area contributed by atoms with E-state index in [1.54, 1.807) is 46.6 Å². The first-order valence-corrected chi connectivity index (χ1v) is 13.0. The molecule has 1 saturated heterocycles. The van der Waals surface area contributed by atoms with E-state index in [9.17, 15) is 4.79 Å². The van der Waals surface area contributed by atoms with Crippen molar-refractivity contribution in [3.05, 3.63) is 47.5 Å². The molecule has 2 aromatic carbocycles. The molecular weight excluding hydrogens is 488 g/mol. The van der Waals surface area contributed by atoms with E-state index < -0.39 is 0 Å². The number of carbonyl (C=O) groups excluding carboxylic acids is 1. The fourth-order valence-corrected chi connectivity index (χ4v) is 4.49. The second-order valence-corrected chi connectivity index (χ2v) is 9.60. The molecule has 0 radical (unpaired) electrons. The van der Waals surface area contributed by atoms with Gasteiger partial charge in [0.25, 0.3) is 5.91 Å². The van der Waals surface area contributed by atoms with Gasteiger partial charge < -0.3 is 38.6 Å². The van der Waals surface area contributed by atoms with Crippen molar-refractivity contribution in [1.29, 1.82) is 0 Å². The Labute approximate surface area is 226 Å². The molecule has 1 aliphatic heterocycles. The number of hydrogen-bond donors (Lipinski definition) is 1. The van der Waals surface area contributed by atoms with E-state index in [0.717, 1.165) is 36.6 Å². The first-order valence-electron chi connectivity index (χ1n) is 13.0. The Bertz CT molecular complexity index is 1010. The maximum Gasteiger partial charge on any atom is 0.254 e. The van der Waals surface area contributed by atoms with Gasteiger partial charge in [-0.3, -0.25) is 4.79 Å². The maximum atomic E-state index is 13.6. The topological polar surface area (TPSA) is 87.7 Å². The van der Waals surface area contributed by atoms with Gasteiger partial charge in [0.15, 0.2) is 11.5 Å². The molecule has 1 aliphatic rings. The normalized spacial score (nSPS) is 16.9. The number of nitrogens with one attached hydrogen (secondary N) is 1. The fourth-order valence-electron chi connectivity index (χ4n) is 4.49. The molecule has 2 aromatic rings. The van der Waals surface area contributed by atoms with Crippen LogP contribution in [0.5, 0.6) is 23.0 Å². The molecule has 9 heteroatoms. The quantitative estimate of drug-likeness (QED) is 0.348. The van der Waals surface area contributed by atoms with Crippen molar-refractivity contribution in [3.8, 4) is 23.0 Å². The number of amides is 1. The summed E-state index contributed by atoms with van der Waals surface area (Å²) >= 11 is 0. The van der Waals surface area contributed by atoms with Crippen LogP contribution in [0.3, 0.4) is 0 Å². The van der Waals surface area contributed by atoms with Crippen molar-refractivity contribution < 1.29 is 33.2 Å². The molecule has 2 atom stereocenters. The van der Waals surface area contributed by atoms with Crippen LogP contribution in [0.15, 0.2) is 36.4 Å². The number of methoxy groups -OCH3 is 4. The van der Waals surface area contributed by atoms with Crippen LogP contribution in [-0.4, -0.2) is 84.2 Å². The largest absolute Gasteiger partial charge is 0.497 e. The second-order valence-electron chi connectivity index (χ2n) is 9.60. The average molecular weight is 531 g/mol. The fraction of sp³-hybridized carbons (Fsp3) is 0.552. The summed E-state index contributed by atoms with van der Waals surface area (Å²) in [5.74, 6) is 2.70. The summed E-state index contributed by atoms with van der Waals surface area (Å²) < 4.78 is 33.5. The first-order chi connectivity index (χ1) is 18.4. The van der Waals surface area contributed by atoms with Gasteiger partial charge in [0, 0.05) is 63.4 Å². The van der Waals surface area contributed by atoms with Crippen LogP contribution in [0.1, 0.15) is 36.2 Å². The van der Waals surface area contributed by atoms with Crippen LogP contribution in [0.4, 0.5) is 0 Å². The Kier molecular flexibility index (Phi) is 11.5. The molecule has 0 aromatic heterocycles. The summed E-state index contributed by atoms with van der Waals surface area (Å²) in [5.41, 5.74) is 1.54.